The largest absolute Gasteiger partial charge is 0.497 e. The van der Waals surface area contributed by atoms with Crippen LogP contribution >= 0.6 is 0 Å². The Morgan fingerprint density at radius 3 is 2.39 bits per heavy atom. The topological polar surface area (TPSA) is 135 Å². The van der Waals surface area contributed by atoms with Crippen LogP contribution in [0.4, 0.5) is 4.79 Å². The lowest BCUT2D eigenvalue weighted by Crippen LogP contribution is -2.42. The van der Waals surface area contributed by atoms with E-state index in [4.69, 9.17) is 25.0 Å². The van der Waals surface area contributed by atoms with E-state index in [1.807, 2.05) is 0 Å². The molecular weight excluding hydrogens is 402 g/mol. The van der Waals surface area contributed by atoms with Crippen LogP contribution in [0.15, 0.2) is 48.5 Å². The molecule has 0 unspecified atom stereocenters. The van der Waals surface area contributed by atoms with E-state index in [9.17, 15) is 14.7 Å². The fraction of sp³-hybridized carbons (Fsp3) is 0.273. The molecule has 0 saturated heterocycles. The zero-order valence-corrected chi connectivity index (χ0v) is 17.5. The molecule has 0 aliphatic rings. The van der Waals surface area contributed by atoms with E-state index in [0.29, 0.717) is 34.9 Å². The van der Waals surface area contributed by atoms with E-state index in [-0.39, 0.29) is 18.9 Å². The Kier molecular flexibility index (Phi) is 8.56. The van der Waals surface area contributed by atoms with E-state index < -0.39 is 18.6 Å². The maximum Gasteiger partial charge on any atom is 0.416 e. The number of nitrogens with zero attached hydrogens (tertiary/aromatic N) is 1. The lowest BCUT2D eigenvalue weighted by Gasteiger charge is -2.20. The Labute approximate surface area is 180 Å². The zero-order valence-electron chi connectivity index (χ0n) is 17.5. The first-order valence-electron chi connectivity index (χ1n) is 9.49. The average Bonchev–Trinajstić information content (AvgIpc) is 2.73. The number of aliphatic carboxylic acids is 1. The number of carboxylic acids is 1. The molecule has 0 aliphatic heterocycles. The van der Waals surface area contributed by atoms with Crippen LogP contribution in [-0.4, -0.2) is 53.8 Å². The Balaban J connectivity index is 2.03. The minimum atomic E-state index is -1.16. The summed E-state index contributed by atoms with van der Waals surface area (Å²) in [6.45, 7) is 1.42. The molecule has 0 bridgehead atoms. The molecule has 2 aromatic carbocycles. The van der Waals surface area contributed by atoms with Crippen molar-refractivity contribution < 1.29 is 34.3 Å². The van der Waals surface area contributed by atoms with Gasteiger partial charge in [0.2, 0.25) is 0 Å². The summed E-state index contributed by atoms with van der Waals surface area (Å²) in [6, 6.07) is 13.3. The fourth-order valence-electron chi connectivity index (χ4n) is 2.58. The highest BCUT2D eigenvalue weighted by Crippen LogP contribution is 2.19. The van der Waals surface area contributed by atoms with Gasteiger partial charge in [-0.3, -0.25) is 20.5 Å². The molecule has 4 N–H and O–H groups in total. The quantitative estimate of drug-likeness (QED) is 0.467. The zero-order chi connectivity index (χ0) is 22.8. The fourth-order valence-corrected chi connectivity index (χ4v) is 2.58. The molecule has 0 radical (unpaired) electrons. The van der Waals surface area contributed by atoms with E-state index in [0.717, 1.165) is 4.90 Å². The summed E-state index contributed by atoms with van der Waals surface area (Å²) < 4.78 is 16.0. The van der Waals surface area contributed by atoms with Crippen molar-refractivity contribution in [1.82, 2.24) is 4.90 Å². The molecule has 0 atom stereocenters. The van der Waals surface area contributed by atoms with Gasteiger partial charge >= 0.3 is 12.1 Å². The molecule has 9 nitrogen and oxygen atoms in total. The number of rotatable bonds is 11. The highest BCUT2D eigenvalue weighted by molar-refractivity contribution is 6.37. The Bertz CT molecular complexity index is 943. The molecule has 1 amide bonds. The normalized spacial score (nSPS) is 10.1. The van der Waals surface area contributed by atoms with Crippen molar-refractivity contribution in [2.75, 3.05) is 20.3 Å². The van der Waals surface area contributed by atoms with Crippen molar-refractivity contribution in [2.45, 2.75) is 19.9 Å². The Morgan fingerprint density at radius 1 is 1.10 bits per heavy atom. The predicted molar refractivity (Wildman–Crippen MR) is 114 cm³/mol. The van der Waals surface area contributed by atoms with Crippen LogP contribution in [0.2, 0.25) is 0 Å². The number of benzene rings is 2. The summed E-state index contributed by atoms with van der Waals surface area (Å²) in [5, 5.41) is 22.5. The third kappa shape index (κ3) is 7.81. The van der Waals surface area contributed by atoms with Gasteiger partial charge in [-0.05, 0) is 42.0 Å². The van der Waals surface area contributed by atoms with Gasteiger partial charge in [-0.25, -0.2) is 4.79 Å². The van der Waals surface area contributed by atoms with Crippen LogP contribution in [-0.2, 0) is 11.3 Å². The predicted octanol–water partition coefficient (Wildman–Crippen LogP) is 1.79. The smallest absolute Gasteiger partial charge is 0.416 e. The summed E-state index contributed by atoms with van der Waals surface area (Å²) in [5.41, 5.74) is 1.42. The number of ether oxygens (including phenoxy) is 3. The highest BCUT2D eigenvalue weighted by Gasteiger charge is 2.20. The summed E-state index contributed by atoms with van der Waals surface area (Å²) >= 11 is 0. The number of nitrogens with one attached hydrogen (secondary N) is 1. The monoisotopic (exact) mass is 428 g/mol. The van der Waals surface area contributed by atoms with Crippen molar-refractivity contribution in [3.05, 3.63) is 54.1 Å². The first kappa shape index (κ1) is 23.4. The van der Waals surface area contributed by atoms with Gasteiger partial charge in [-0.1, -0.05) is 12.1 Å². The molecule has 9 heteroatoms. The van der Waals surface area contributed by atoms with Crippen molar-refractivity contribution >= 4 is 23.5 Å². The van der Waals surface area contributed by atoms with Crippen molar-refractivity contribution in [3.63, 3.8) is 0 Å². The van der Waals surface area contributed by atoms with Crippen molar-refractivity contribution in [3.8, 4) is 17.2 Å². The molecule has 0 aliphatic carbocycles. The summed E-state index contributed by atoms with van der Waals surface area (Å²) in [4.78, 5) is 24.9. The first-order valence-corrected chi connectivity index (χ1v) is 9.49. The van der Waals surface area contributed by atoms with Gasteiger partial charge in [0.15, 0.2) is 5.71 Å². The lowest BCUT2D eigenvalue weighted by atomic mass is 10.2. The molecule has 31 heavy (non-hydrogen) atoms. The van der Waals surface area contributed by atoms with Crippen LogP contribution in [0.1, 0.15) is 18.9 Å². The minimum Gasteiger partial charge on any atom is -0.497 e. The average molecular weight is 428 g/mol. The molecule has 2 rings (SSSR count). The molecular formula is C22H26N3O6+. The number of carbonyl (C=O) groups excluding carboxylic acids is 1. The third-order valence-corrected chi connectivity index (χ3v) is 4.22. The number of methoxy groups -OCH3 is 1. The maximum atomic E-state index is 12.5. The molecule has 0 spiro atoms. The molecule has 164 valence electrons. The Hall–Kier alpha value is -3.88. The number of amides is 1. The number of carboxylic acid groups (broad SMARTS) is 1. The van der Waals surface area contributed by atoms with E-state index in [1.165, 1.54) is 7.11 Å². The SMILES string of the molecule is COc1ccc(OC(=O)N(CC(=O)O)Cc2cccc(OCCC(=N)C(C)=[NH2+])c2)cc1. The van der Waals surface area contributed by atoms with E-state index in [2.05, 4.69) is 0 Å². The highest BCUT2D eigenvalue weighted by atomic mass is 16.6. The van der Waals surface area contributed by atoms with Crippen molar-refractivity contribution in [1.29, 1.82) is 5.41 Å². The first-order chi connectivity index (χ1) is 14.8. The van der Waals surface area contributed by atoms with Gasteiger partial charge in [0.05, 0.1) is 13.7 Å². The second-order valence-electron chi connectivity index (χ2n) is 6.70. The van der Waals surface area contributed by atoms with Crippen LogP contribution in [0.25, 0.3) is 0 Å². The Morgan fingerprint density at radius 2 is 1.77 bits per heavy atom. The van der Waals surface area contributed by atoms with Gasteiger partial charge in [0.1, 0.15) is 29.5 Å². The molecule has 0 saturated carbocycles. The lowest BCUT2D eigenvalue weighted by molar-refractivity contribution is -0.138. The number of carbonyl (C=O) groups is 2. The van der Waals surface area contributed by atoms with Gasteiger partial charge in [0.25, 0.3) is 0 Å². The van der Waals surface area contributed by atoms with Gasteiger partial charge < -0.3 is 19.3 Å². The molecule has 0 heterocycles. The van der Waals surface area contributed by atoms with Crippen LogP contribution in [0.5, 0.6) is 17.2 Å². The van der Waals surface area contributed by atoms with E-state index >= 15 is 0 Å². The van der Waals surface area contributed by atoms with Crippen LogP contribution in [0, 0.1) is 5.41 Å². The molecule has 2 aromatic rings. The summed E-state index contributed by atoms with van der Waals surface area (Å²) in [5.74, 6) is 0.256. The molecule has 0 fully saturated rings. The van der Waals surface area contributed by atoms with Gasteiger partial charge in [-0.15, -0.1) is 0 Å². The number of hydrogen-bond donors (Lipinski definition) is 3. The van der Waals surface area contributed by atoms with Gasteiger partial charge in [0, 0.05) is 19.9 Å². The second kappa shape index (κ2) is 11.3. The molecule has 0 aromatic heterocycles. The minimum absolute atomic E-state index is 0.0179. The summed E-state index contributed by atoms with van der Waals surface area (Å²) in [6.07, 6.45) is -0.424. The second-order valence-corrected chi connectivity index (χ2v) is 6.70. The van der Waals surface area contributed by atoms with Crippen LogP contribution < -0.4 is 19.6 Å². The maximum absolute atomic E-state index is 12.5. The number of nitrogens with two attached hydrogens (primary N) is 1. The van der Waals surface area contributed by atoms with Gasteiger partial charge in [-0.2, -0.15) is 0 Å². The third-order valence-electron chi connectivity index (χ3n) is 4.22. The standard InChI is InChI=1S/C22H25N3O6/c1-15(23)20(24)10-11-30-19-5-3-4-16(12-19)13-25(14-21(26)27)22(28)31-18-8-6-17(29-2)7-9-18/h3-9,12,23-24H,10-11,13-14H2,1-2H3,(H,26,27)/p+1. The van der Waals surface area contributed by atoms with Crippen molar-refractivity contribution in [2.24, 2.45) is 0 Å². The number of hydrogen-bond acceptors (Lipinski definition) is 6. The van der Waals surface area contributed by atoms with E-state index in [1.54, 1.807) is 55.5 Å². The summed E-state index contributed by atoms with van der Waals surface area (Å²) in [7, 11) is 1.52. The van der Waals surface area contributed by atoms with Crippen LogP contribution in [0.3, 0.4) is 0 Å².